The van der Waals surface area contributed by atoms with Gasteiger partial charge in [0.15, 0.2) is 0 Å². The van der Waals surface area contributed by atoms with Gasteiger partial charge in [-0.15, -0.1) is 0 Å². The van der Waals surface area contributed by atoms with E-state index in [9.17, 15) is 14.3 Å². The lowest BCUT2D eigenvalue weighted by atomic mass is 9.49. The Morgan fingerprint density at radius 3 is 2.36 bits per heavy atom. The summed E-state index contributed by atoms with van der Waals surface area (Å²) in [6.07, 6.45) is 6.02. The number of nitrogens with zero attached hydrogens (tertiary/aromatic N) is 1. The highest BCUT2D eigenvalue weighted by atomic mass is 19.1. The Hall–Kier alpha value is -1.42. The van der Waals surface area contributed by atoms with E-state index in [2.05, 4.69) is 6.92 Å². The Labute approximate surface area is 149 Å². The predicted octanol–water partition coefficient (Wildman–Crippen LogP) is 3.50. The van der Waals surface area contributed by atoms with Gasteiger partial charge in [-0.1, -0.05) is 25.5 Å². The van der Waals surface area contributed by atoms with Crippen molar-refractivity contribution in [3.05, 3.63) is 35.6 Å². The molecule has 2 bridgehead atoms. The first kappa shape index (κ1) is 17.0. The van der Waals surface area contributed by atoms with Gasteiger partial charge in [0.1, 0.15) is 5.82 Å². The van der Waals surface area contributed by atoms with Crippen LogP contribution in [0, 0.1) is 23.6 Å². The lowest BCUT2D eigenvalue weighted by Gasteiger charge is -2.56. The Kier molecular flexibility index (Phi) is 4.35. The number of halogens is 1. The maximum atomic E-state index is 13.5. The van der Waals surface area contributed by atoms with Crippen LogP contribution < -0.4 is 0 Å². The van der Waals surface area contributed by atoms with Crippen LogP contribution in [0.15, 0.2) is 24.3 Å². The van der Waals surface area contributed by atoms with Crippen molar-refractivity contribution in [1.29, 1.82) is 0 Å². The molecule has 2 saturated carbocycles. The van der Waals surface area contributed by atoms with Crippen LogP contribution in [0.3, 0.4) is 0 Å². The predicted molar refractivity (Wildman–Crippen MR) is 94.5 cm³/mol. The van der Waals surface area contributed by atoms with Gasteiger partial charge in [-0.3, -0.25) is 4.79 Å². The molecule has 3 aliphatic rings. The Balaban J connectivity index is 1.70. The van der Waals surface area contributed by atoms with Crippen molar-refractivity contribution in [2.24, 2.45) is 17.8 Å². The van der Waals surface area contributed by atoms with Crippen molar-refractivity contribution < 1.29 is 14.3 Å². The van der Waals surface area contributed by atoms with Crippen LogP contribution >= 0.6 is 0 Å². The van der Waals surface area contributed by atoms with Gasteiger partial charge in [-0.05, 0) is 61.1 Å². The van der Waals surface area contributed by atoms with Gasteiger partial charge in [0.25, 0.3) is 0 Å². The normalized spacial score (nSPS) is 35.3. The molecule has 4 heteroatoms. The molecule has 1 amide bonds. The number of benzene rings is 1. The van der Waals surface area contributed by atoms with Crippen molar-refractivity contribution in [3.63, 3.8) is 0 Å². The second-order valence-corrected chi connectivity index (χ2v) is 8.58. The van der Waals surface area contributed by atoms with E-state index in [1.807, 2.05) is 12.1 Å². The Bertz CT molecular complexity index is 624. The third kappa shape index (κ3) is 2.88. The maximum absolute atomic E-state index is 13.5. The van der Waals surface area contributed by atoms with Crippen molar-refractivity contribution in [2.45, 2.75) is 57.0 Å². The van der Waals surface area contributed by atoms with Gasteiger partial charge in [0.05, 0.1) is 6.10 Å². The van der Waals surface area contributed by atoms with E-state index < -0.39 is 0 Å². The topological polar surface area (TPSA) is 40.5 Å². The standard InChI is InChI=1S/C21H28FNO2/c1-14-9-16-3-2-4-17(10-14)21(16,15-5-7-18(22)8-6-15)11-20(25)23-12-19(24)13-23/h5-8,14,16-17,19,24H,2-4,9-13H2,1H3. The van der Waals surface area contributed by atoms with E-state index in [0.717, 1.165) is 31.2 Å². The molecule has 25 heavy (non-hydrogen) atoms. The number of hydrogen-bond acceptors (Lipinski definition) is 2. The summed E-state index contributed by atoms with van der Waals surface area (Å²) in [5.74, 6) is 1.63. The largest absolute Gasteiger partial charge is 0.389 e. The minimum absolute atomic E-state index is 0.154. The number of aliphatic hydroxyl groups excluding tert-OH is 1. The highest BCUT2D eigenvalue weighted by molar-refractivity contribution is 5.79. The molecule has 2 aliphatic carbocycles. The number of carbonyl (C=O) groups is 1. The van der Waals surface area contributed by atoms with Crippen molar-refractivity contribution in [2.75, 3.05) is 13.1 Å². The SMILES string of the molecule is CC1CC2CCCC(C1)C2(CC(=O)N1CC(O)C1)c1ccc(F)cc1. The fourth-order valence-corrected chi connectivity index (χ4v) is 5.83. The smallest absolute Gasteiger partial charge is 0.223 e. The number of aliphatic hydroxyl groups is 1. The number of fused-ring (bicyclic) bond motifs is 2. The lowest BCUT2D eigenvalue weighted by Crippen LogP contribution is -2.57. The Morgan fingerprint density at radius 1 is 1.20 bits per heavy atom. The number of hydrogen-bond donors (Lipinski definition) is 1. The second-order valence-electron chi connectivity index (χ2n) is 8.58. The molecule has 0 spiro atoms. The first-order chi connectivity index (χ1) is 12.0. The molecule has 1 saturated heterocycles. The molecule has 4 rings (SSSR count). The van der Waals surface area contributed by atoms with E-state index >= 15 is 0 Å². The highest BCUT2D eigenvalue weighted by Crippen LogP contribution is 2.58. The molecule has 1 aliphatic heterocycles. The molecular weight excluding hydrogens is 317 g/mol. The molecule has 2 atom stereocenters. The monoisotopic (exact) mass is 345 g/mol. The summed E-state index contributed by atoms with van der Waals surface area (Å²) < 4.78 is 13.5. The fraction of sp³-hybridized carbons (Fsp3) is 0.667. The first-order valence-electron chi connectivity index (χ1n) is 9.71. The molecule has 1 heterocycles. The average Bonchev–Trinajstić information content (AvgIpc) is 2.53. The molecule has 0 aromatic heterocycles. The van der Waals surface area contributed by atoms with E-state index in [1.54, 1.807) is 17.0 Å². The fourth-order valence-electron chi connectivity index (χ4n) is 5.83. The molecule has 3 fully saturated rings. The molecule has 3 nitrogen and oxygen atoms in total. The minimum Gasteiger partial charge on any atom is -0.389 e. The van der Waals surface area contributed by atoms with Crippen LogP contribution in [0.25, 0.3) is 0 Å². The molecule has 1 aromatic rings. The molecular formula is C21H28FNO2. The summed E-state index contributed by atoms with van der Waals surface area (Å²) in [4.78, 5) is 14.7. The third-order valence-corrected chi connectivity index (χ3v) is 6.98. The number of β-amino-alcohol motifs (C(OH)–C–C–N with tert-alkyl or cyclic N) is 1. The average molecular weight is 345 g/mol. The number of rotatable bonds is 3. The van der Waals surface area contributed by atoms with Gasteiger partial charge in [0.2, 0.25) is 5.91 Å². The van der Waals surface area contributed by atoms with Gasteiger partial charge in [-0.25, -0.2) is 4.39 Å². The number of carbonyl (C=O) groups excluding carboxylic acids is 1. The van der Waals surface area contributed by atoms with E-state index in [-0.39, 0.29) is 23.2 Å². The van der Waals surface area contributed by atoms with E-state index in [0.29, 0.717) is 37.3 Å². The van der Waals surface area contributed by atoms with Gasteiger partial charge in [0, 0.05) is 24.9 Å². The molecule has 0 radical (unpaired) electrons. The quantitative estimate of drug-likeness (QED) is 0.911. The zero-order valence-corrected chi connectivity index (χ0v) is 15.0. The van der Waals surface area contributed by atoms with Crippen LogP contribution in [0.5, 0.6) is 0 Å². The van der Waals surface area contributed by atoms with Crippen LogP contribution in [0.4, 0.5) is 4.39 Å². The maximum Gasteiger partial charge on any atom is 0.223 e. The van der Waals surface area contributed by atoms with E-state index in [1.165, 1.54) is 6.42 Å². The lowest BCUT2D eigenvalue weighted by molar-refractivity contribution is -0.145. The highest BCUT2D eigenvalue weighted by Gasteiger charge is 2.53. The summed E-state index contributed by atoms with van der Waals surface area (Å²) in [6.45, 7) is 3.25. The van der Waals surface area contributed by atoms with E-state index in [4.69, 9.17) is 0 Å². The Morgan fingerprint density at radius 2 is 1.80 bits per heavy atom. The summed E-state index contributed by atoms with van der Waals surface area (Å²) in [5.41, 5.74) is 0.987. The first-order valence-corrected chi connectivity index (χ1v) is 9.71. The molecule has 1 N–H and O–H groups in total. The third-order valence-electron chi connectivity index (χ3n) is 6.98. The second kappa shape index (κ2) is 6.39. The number of amides is 1. The summed E-state index contributed by atoms with van der Waals surface area (Å²) >= 11 is 0. The molecule has 136 valence electrons. The van der Waals surface area contributed by atoms with Gasteiger partial charge < -0.3 is 10.0 Å². The summed E-state index contributed by atoms with van der Waals surface area (Å²) in [6, 6.07) is 6.91. The minimum atomic E-state index is -0.364. The summed E-state index contributed by atoms with van der Waals surface area (Å²) in [5, 5.41) is 9.55. The van der Waals surface area contributed by atoms with Crippen LogP contribution in [-0.2, 0) is 10.2 Å². The molecule has 1 aromatic carbocycles. The van der Waals surface area contributed by atoms with Crippen LogP contribution in [0.1, 0.15) is 51.0 Å². The van der Waals surface area contributed by atoms with Crippen LogP contribution in [-0.4, -0.2) is 35.1 Å². The van der Waals surface area contributed by atoms with Crippen molar-refractivity contribution >= 4 is 5.91 Å². The van der Waals surface area contributed by atoms with Gasteiger partial charge >= 0.3 is 0 Å². The summed E-state index contributed by atoms with van der Waals surface area (Å²) in [7, 11) is 0. The zero-order chi connectivity index (χ0) is 17.6. The van der Waals surface area contributed by atoms with Crippen LogP contribution in [0.2, 0.25) is 0 Å². The van der Waals surface area contributed by atoms with Crippen molar-refractivity contribution in [1.82, 2.24) is 4.90 Å². The number of likely N-dealkylation sites (tertiary alicyclic amines) is 1. The zero-order valence-electron chi connectivity index (χ0n) is 15.0. The van der Waals surface area contributed by atoms with Gasteiger partial charge in [-0.2, -0.15) is 0 Å². The molecule has 2 unspecified atom stereocenters. The van der Waals surface area contributed by atoms with Crippen molar-refractivity contribution in [3.8, 4) is 0 Å².